The lowest BCUT2D eigenvalue weighted by atomic mass is 10.1. The Labute approximate surface area is 123 Å². The monoisotopic (exact) mass is 289 g/mol. The van der Waals surface area contributed by atoms with E-state index in [0.717, 1.165) is 12.1 Å². The van der Waals surface area contributed by atoms with Gasteiger partial charge < -0.3 is 9.64 Å². The van der Waals surface area contributed by atoms with E-state index in [9.17, 15) is 4.79 Å². The molecule has 0 fully saturated rings. The SMILES string of the molecule is CCOc1n[nH]c(NC(=O)c2ccc(CN(C)C)cc2)n1. The molecule has 112 valence electrons. The number of aromatic nitrogens is 3. The summed E-state index contributed by atoms with van der Waals surface area (Å²) in [5, 5.41) is 9.06. The fraction of sp³-hybridized carbons (Fsp3) is 0.357. The zero-order chi connectivity index (χ0) is 15.2. The zero-order valence-electron chi connectivity index (χ0n) is 12.4. The van der Waals surface area contributed by atoms with Crippen molar-refractivity contribution >= 4 is 11.9 Å². The van der Waals surface area contributed by atoms with E-state index in [1.165, 1.54) is 0 Å². The third kappa shape index (κ3) is 4.28. The molecule has 21 heavy (non-hydrogen) atoms. The quantitative estimate of drug-likeness (QED) is 0.842. The van der Waals surface area contributed by atoms with Gasteiger partial charge in [0.15, 0.2) is 0 Å². The lowest BCUT2D eigenvalue weighted by molar-refractivity contribution is 0.102. The molecule has 0 bridgehead atoms. The molecule has 0 atom stereocenters. The van der Waals surface area contributed by atoms with Crippen LogP contribution in [0.3, 0.4) is 0 Å². The van der Waals surface area contributed by atoms with Gasteiger partial charge in [-0.2, -0.15) is 4.98 Å². The number of hydrogen-bond donors (Lipinski definition) is 2. The Bertz CT molecular complexity index is 592. The van der Waals surface area contributed by atoms with Crippen molar-refractivity contribution in [2.45, 2.75) is 13.5 Å². The van der Waals surface area contributed by atoms with Gasteiger partial charge in [-0.05, 0) is 38.7 Å². The van der Waals surface area contributed by atoms with Crippen LogP contribution in [0.2, 0.25) is 0 Å². The topological polar surface area (TPSA) is 83.1 Å². The standard InChI is InChI=1S/C14H19N5O2/c1-4-21-14-16-13(17-18-14)15-12(20)11-7-5-10(6-8-11)9-19(2)3/h5-8H,4,9H2,1-3H3,(H2,15,16,17,18,20). The zero-order valence-corrected chi connectivity index (χ0v) is 12.4. The van der Waals surface area contributed by atoms with E-state index < -0.39 is 0 Å². The lowest BCUT2D eigenvalue weighted by Gasteiger charge is -2.09. The van der Waals surface area contributed by atoms with Crippen molar-refractivity contribution < 1.29 is 9.53 Å². The molecule has 1 aromatic carbocycles. The van der Waals surface area contributed by atoms with Gasteiger partial charge in [0.1, 0.15) is 0 Å². The third-order valence-electron chi connectivity index (χ3n) is 2.69. The molecule has 0 spiro atoms. The fourth-order valence-electron chi connectivity index (χ4n) is 1.80. The van der Waals surface area contributed by atoms with Gasteiger partial charge >= 0.3 is 6.01 Å². The summed E-state index contributed by atoms with van der Waals surface area (Å²) in [4.78, 5) is 18.1. The lowest BCUT2D eigenvalue weighted by Crippen LogP contribution is -2.14. The largest absolute Gasteiger partial charge is 0.463 e. The highest BCUT2D eigenvalue weighted by molar-refractivity contribution is 6.03. The average Bonchev–Trinajstić information content (AvgIpc) is 2.86. The van der Waals surface area contributed by atoms with E-state index in [-0.39, 0.29) is 17.9 Å². The number of rotatable bonds is 6. The Morgan fingerprint density at radius 1 is 1.33 bits per heavy atom. The number of amides is 1. The Kier molecular flexibility index (Phi) is 4.89. The van der Waals surface area contributed by atoms with Gasteiger partial charge in [-0.25, -0.2) is 5.10 Å². The van der Waals surface area contributed by atoms with Crippen LogP contribution in [-0.4, -0.2) is 46.7 Å². The van der Waals surface area contributed by atoms with Crippen molar-refractivity contribution in [3.8, 4) is 6.01 Å². The van der Waals surface area contributed by atoms with Crippen molar-refractivity contribution in [2.24, 2.45) is 0 Å². The summed E-state index contributed by atoms with van der Waals surface area (Å²) < 4.78 is 5.12. The maximum Gasteiger partial charge on any atom is 0.337 e. The molecule has 1 aromatic heterocycles. The molecule has 7 nitrogen and oxygen atoms in total. The maximum absolute atomic E-state index is 12.1. The first-order chi connectivity index (χ1) is 10.1. The van der Waals surface area contributed by atoms with Crippen molar-refractivity contribution in [2.75, 3.05) is 26.0 Å². The van der Waals surface area contributed by atoms with Crippen LogP contribution in [0.1, 0.15) is 22.8 Å². The van der Waals surface area contributed by atoms with Crippen LogP contribution in [0, 0.1) is 0 Å². The van der Waals surface area contributed by atoms with Crippen molar-refractivity contribution in [1.29, 1.82) is 0 Å². The number of aromatic amines is 1. The van der Waals surface area contributed by atoms with Gasteiger partial charge in [0.2, 0.25) is 5.95 Å². The Morgan fingerprint density at radius 3 is 2.67 bits per heavy atom. The predicted octanol–water partition coefficient (Wildman–Crippen LogP) is 1.52. The molecule has 1 amide bonds. The molecule has 0 saturated carbocycles. The highest BCUT2D eigenvalue weighted by Gasteiger charge is 2.10. The van der Waals surface area contributed by atoms with Crippen LogP contribution >= 0.6 is 0 Å². The van der Waals surface area contributed by atoms with E-state index >= 15 is 0 Å². The molecule has 0 aliphatic rings. The second-order valence-electron chi connectivity index (χ2n) is 4.79. The molecule has 0 aliphatic carbocycles. The molecule has 0 aliphatic heterocycles. The first-order valence-electron chi connectivity index (χ1n) is 6.68. The van der Waals surface area contributed by atoms with Crippen LogP contribution in [-0.2, 0) is 6.54 Å². The van der Waals surface area contributed by atoms with E-state index in [4.69, 9.17) is 4.74 Å². The number of ether oxygens (including phenoxy) is 1. The normalized spacial score (nSPS) is 10.7. The van der Waals surface area contributed by atoms with Gasteiger partial charge in [0.25, 0.3) is 5.91 Å². The number of benzene rings is 1. The van der Waals surface area contributed by atoms with Crippen LogP contribution in [0.15, 0.2) is 24.3 Å². The molecule has 1 heterocycles. The second kappa shape index (κ2) is 6.85. The molecule has 7 heteroatoms. The number of carbonyl (C=O) groups is 1. The van der Waals surface area contributed by atoms with Crippen LogP contribution in [0.25, 0.3) is 0 Å². The van der Waals surface area contributed by atoms with Gasteiger partial charge in [-0.3, -0.25) is 10.1 Å². The van der Waals surface area contributed by atoms with Crippen molar-refractivity contribution in [3.63, 3.8) is 0 Å². The van der Waals surface area contributed by atoms with Crippen LogP contribution in [0.4, 0.5) is 5.95 Å². The van der Waals surface area contributed by atoms with E-state index in [2.05, 4.69) is 25.4 Å². The molecule has 0 saturated heterocycles. The number of H-pyrrole nitrogens is 1. The highest BCUT2D eigenvalue weighted by Crippen LogP contribution is 2.10. The van der Waals surface area contributed by atoms with E-state index in [1.54, 1.807) is 12.1 Å². The summed E-state index contributed by atoms with van der Waals surface area (Å²) in [7, 11) is 4.00. The Balaban J connectivity index is 1.99. The first kappa shape index (κ1) is 15.0. The smallest absolute Gasteiger partial charge is 0.337 e. The van der Waals surface area contributed by atoms with Crippen molar-refractivity contribution in [1.82, 2.24) is 20.1 Å². The maximum atomic E-state index is 12.1. The summed E-state index contributed by atoms with van der Waals surface area (Å²) in [6.07, 6.45) is 0. The molecule has 2 rings (SSSR count). The predicted molar refractivity (Wildman–Crippen MR) is 79.3 cm³/mol. The summed E-state index contributed by atoms with van der Waals surface area (Å²) in [6, 6.07) is 7.65. The number of nitrogens with one attached hydrogen (secondary N) is 2. The minimum absolute atomic E-state index is 0.217. The minimum atomic E-state index is -0.245. The number of anilines is 1. The Morgan fingerprint density at radius 2 is 2.05 bits per heavy atom. The van der Waals surface area contributed by atoms with Crippen LogP contribution in [0.5, 0.6) is 6.01 Å². The Hall–Kier alpha value is -2.41. The molecular formula is C14H19N5O2. The summed E-state index contributed by atoms with van der Waals surface area (Å²) in [5.74, 6) is 0.0198. The van der Waals surface area contributed by atoms with Gasteiger partial charge in [0, 0.05) is 12.1 Å². The molecule has 0 radical (unpaired) electrons. The number of hydrogen-bond acceptors (Lipinski definition) is 5. The number of carbonyl (C=O) groups excluding carboxylic acids is 1. The fourth-order valence-corrected chi connectivity index (χ4v) is 1.80. The molecule has 0 unspecified atom stereocenters. The highest BCUT2D eigenvalue weighted by atomic mass is 16.5. The molecule has 2 aromatic rings. The van der Waals surface area contributed by atoms with Gasteiger partial charge in [-0.15, -0.1) is 5.10 Å². The average molecular weight is 289 g/mol. The van der Waals surface area contributed by atoms with Crippen molar-refractivity contribution in [3.05, 3.63) is 35.4 Å². The summed E-state index contributed by atoms with van der Waals surface area (Å²) in [6.45, 7) is 3.14. The second-order valence-corrected chi connectivity index (χ2v) is 4.79. The summed E-state index contributed by atoms with van der Waals surface area (Å²) >= 11 is 0. The summed E-state index contributed by atoms with van der Waals surface area (Å²) in [5.41, 5.74) is 1.71. The van der Waals surface area contributed by atoms with Crippen LogP contribution < -0.4 is 10.1 Å². The van der Waals surface area contributed by atoms with E-state index in [0.29, 0.717) is 12.2 Å². The minimum Gasteiger partial charge on any atom is -0.463 e. The first-order valence-corrected chi connectivity index (χ1v) is 6.68. The van der Waals surface area contributed by atoms with E-state index in [1.807, 2.05) is 33.2 Å². The number of nitrogens with zero attached hydrogens (tertiary/aromatic N) is 3. The third-order valence-corrected chi connectivity index (χ3v) is 2.69. The molecule has 2 N–H and O–H groups in total. The molecular weight excluding hydrogens is 270 g/mol. The van der Waals surface area contributed by atoms with Gasteiger partial charge in [-0.1, -0.05) is 12.1 Å². The van der Waals surface area contributed by atoms with Gasteiger partial charge in [0.05, 0.1) is 6.61 Å².